The van der Waals surface area contributed by atoms with Gasteiger partial charge in [-0.2, -0.15) is 0 Å². The third-order valence-corrected chi connectivity index (χ3v) is 5.18. The number of nitrogens with one attached hydrogen (secondary N) is 1. The van der Waals surface area contributed by atoms with Crippen molar-refractivity contribution in [2.75, 3.05) is 26.2 Å². The minimum Gasteiger partial charge on any atom is -0.494 e. The van der Waals surface area contributed by atoms with E-state index in [0.29, 0.717) is 18.7 Å². The average molecular weight is 367 g/mol. The number of aryl methyl sites for hydroxylation is 1. The van der Waals surface area contributed by atoms with Crippen LogP contribution in [0.1, 0.15) is 53.7 Å². The smallest absolute Gasteiger partial charge is 0.251 e. The Bertz CT molecular complexity index is 719. The lowest BCUT2D eigenvalue weighted by molar-refractivity contribution is 0.0924. The first-order valence-electron chi connectivity index (χ1n) is 9.99. The molecule has 1 amide bonds. The molecule has 0 saturated carbocycles. The Morgan fingerprint density at radius 3 is 2.33 bits per heavy atom. The van der Waals surface area contributed by atoms with Gasteiger partial charge in [-0.25, -0.2) is 0 Å². The van der Waals surface area contributed by atoms with Crippen molar-refractivity contribution in [1.29, 1.82) is 0 Å². The summed E-state index contributed by atoms with van der Waals surface area (Å²) in [5, 5.41) is 3.14. The van der Waals surface area contributed by atoms with Gasteiger partial charge in [-0.3, -0.25) is 9.69 Å². The molecule has 1 N–H and O–H groups in total. The normalized spacial score (nSPS) is 15.9. The van der Waals surface area contributed by atoms with Crippen LogP contribution in [0.3, 0.4) is 0 Å². The van der Waals surface area contributed by atoms with Crippen LogP contribution in [0.2, 0.25) is 0 Å². The summed E-state index contributed by atoms with van der Waals surface area (Å²) in [5.74, 6) is 0.757. The van der Waals surface area contributed by atoms with Gasteiger partial charge in [-0.1, -0.05) is 36.2 Å². The third kappa shape index (κ3) is 5.33. The Morgan fingerprint density at radius 1 is 1.04 bits per heavy atom. The molecule has 0 aliphatic carbocycles. The van der Waals surface area contributed by atoms with Gasteiger partial charge in [0.05, 0.1) is 12.6 Å². The van der Waals surface area contributed by atoms with E-state index in [-0.39, 0.29) is 11.9 Å². The van der Waals surface area contributed by atoms with Crippen LogP contribution in [0.4, 0.5) is 0 Å². The number of likely N-dealkylation sites (tertiary alicyclic amines) is 1. The zero-order valence-corrected chi connectivity index (χ0v) is 16.4. The molecule has 2 aromatic carbocycles. The standard InChI is InChI=1S/C23H30N2O2/c1-3-27-21-13-11-20(12-14-21)23(26)24-17-22(25-15-5-4-6-16-25)19-9-7-18(2)8-10-19/h7-14,22H,3-6,15-17H2,1-2H3,(H,24,26)/t22-/m1/s1. The lowest BCUT2D eigenvalue weighted by Gasteiger charge is -2.35. The van der Waals surface area contributed by atoms with E-state index in [4.69, 9.17) is 4.74 Å². The second kappa shape index (κ2) is 9.56. The summed E-state index contributed by atoms with van der Waals surface area (Å²) in [6.45, 7) is 7.49. The maximum absolute atomic E-state index is 12.6. The molecule has 1 aliphatic heterocycles. The second-order valence-corrected chi connectivity index (χ2v) is 7.19. The fourth-order valence-electron chi connectivity index (χ4n) is 3.64. The summed E-state index contributed by atoms with van der Waals surface area (Å²) >= 11 is 0. The predicted octanol–water partition coefficient (Wildman–Crippen LogP) is 4.35. The average Bonchev–Trinajstić information content (AvgIpc) is 2.71. The zero-order chi connectivity index (χ0) is 19.1. The van der Waals surface area contributed by atoms with E-state index < -0.39 is 0 Å². The molecule has 0 aromatic heterocycles. The van der Waals surface area contributed by atoms with Crippen LogP contribution in [0.5, 0.6) is 5.75 Å². The van der Waals surface area contributed by atoms with E-state index in [1.165, 1.54) is 30.4 Å². The fraction of sp³-hybridized carbons (Fsp3) is 0.435. The maximum atomic E-state index is 12.6. The van der Waals surface area contributed by atoms with Gasteiger partial charge in [0.1, 0.15) is 5.75 Å². The fourth-order valence-corrected chi connectivity index (χ4v) is 3.64. The number of carbonyl (C=O) groups excluding carboxylic acids is 1. The minimum atomic E-state index is -0.0350. The number of amides is 1. The van der Waals surface area contributed by atoms with E-state index in [1.807, 2.05) is 31.2 Å². The van der Waals surface area contributed by atoms with Crippen LogP contribution < -0.4 is 10.1 Å². The summed E-state index contributed by atoms with van der Waals surface area (Å²) in [5.41, 5.74) is 3.20. The maximum Gasteiger partial charge on any atom is 0.251 e. The number of ether oxygens (including phenoxy) is 1. The van der Waals surface area contributed by atoms with E-state index >= 15 is 0 Å². The Balaban J connectivity index is 1.67. The third-order valence-electron chi connectivity index (χ3n) is 5.18. The van der Waals surface area contributed by atoms with Crippen LogP contribution in [0.15, 0.2) is 48.5 Å². The Kier molecular flexibility index (Phi) is 6.88. The SMILES string of the molecule is CCOc1ccc(C(=O)NC[C@H](c2ccc(C)cc2)N2CCCCC2)cc1. The number of rotatable bonds is 7. The number of benzene rings is 2. The van der Waals surface area contributed by atoms with E-state index in [0.717, 1.165) is 18.8 Å². The van der Waals surface area contributed by atoms with Gasteiger partial charge in [0, 0.05) is 12.1 Å². The molecule has 1 atom stereocenters. The Hall–Kier alpha value is -2.33. The molecule has 4 nitrogen and oxygen atoms in total. The first-order valence-corrected chi connectivity index (χ1v) is 9.99. The Morgan fingerprint density at radius 2 is 1.70 bits per heavy atom. The van der Waals surface area contributed by atoms with Gasteiger partial charge in [0.25, 0.3) is 5.91 Å². The highest BCUT2D eigenvalue weighted by Gasteiger charge is 2.23. The first-order chi connectivity index (χ1) is 13.2. The van der Waals surface area contributed by atoms with Gasteiger partial charge in [0.2, 0.25) is 0 Å². The summed E-state index contributed by atoms with van der Waals surface area (Å²) in [6.07, 6.45) is 3.76. The van der Waals surface area contributed by atoms with E-state index in [9.17, 15) is 4.79 Å². The molecule has 1 saturated heterocycles. The molecule has 3 rings (SSSR count). The number of hydrogen-bond donors (Lipinski definition) is 1. The highest BCUT2D eigenvalue weighted by atomic mass is 16.5. The number of piperidine rings is 1. The summed E-state index contributed by atoms with van der Waals surface area (Å²) in [6, 6.07) is 16.2. The van der Waals surface area contributed by atoms with Gasteiger partial charge in [-0.05, 0) is 69.6 Å². The van der Waals surface area contributed by atoms with Gasteiger partial charge in [-0.15, -0.1) is 0 Å². The van der Waals surface area contributed by atoms with Crippen LogP contribution >= 0.6 is 0 Å². The van der Waals surface area contributed by atoms with Crippen molar-refractivity contribution in [1.82, 2.24) is 10.2 Å². The molecule has 4 heteroatoms. The monoisotopic (exact) mass is 366 g/mol. The van der Waals surface area contributed by atoms with Crippen molar-refractivity contribution >= 4 is 5.91 Å². The second-order valence-electron chi connectivity index (χ2n) is 7.19. The number of nitrogens with zero attached hydrogens (tertiary/aromatic N) is 1. The lowest BCUT2D eigenvalue weighted by Crippen LogP contribution is -2.40. The molecule has 27 heavy (non-hydrogen) atoms. The molecular formula is C23H30N2O2. The molecule has 1 fully saturated rings. The molecule has 0 spiro atoms. The minimum absolute atomic E-state index is 0.0350. The zero-order valence-electron chi connectivity index (χ0n) is 16.4. The highest BCUT2D eigenvalue weighted by Crippen LogP contribution is 2.24. The Labute approximate surface area is 162 Å². The quantitative estimate of drug-likeness (QED) is 0.792. The van der Waals surface area contributed by atoms with E-state index in [1.54, 1.807) is 0 Å². The van der Waals surface area contributed by atoms with Crippen LogP contribution in [0.25, 0.3) is 0 Å². The molecule has 1 aliphatic rings. The summed E-state index contributed by atoms with van der Waals surface area (Å²) in [4.78, 5) is 15.1. The molecule has 0 unspecified atom stereocenters. The largest absolute Gasteiger partial charge is 0.494 e. The number of hydrogen-bond acceptors (Lipinski definition) is 3. The highest BCUT2D eigenvalue weighted by molar-refractivity contribution is 5.94. The lowest BCUT2D eigenvalue weighted by atomic mass is 10.0. The van der Waals surface area contributed by atoms with Crippen molar-refractivity contribution in [2.24, 2.45) is 0 Å². The molecule has 0 bridgehead atoms. The van der Waals surface area contributed by atoms with Crippen molar-refractivity contribution in [2.45, 2.75) is 39.2 Å². The van der Waals surface area contributed by atoms with Crippen LogP contribution in [-0.4, -0.2) is 37.0 Å². The molecule has 144 valence electrons. The molecular weight excluding hydrogens is 336 g/mol. The van der Waals surface area contributed by atoms with Crippen molar-refractivity contribution in [3.05, 3.63) is 65.2 Å². The molecule has 1 heterocycles. The van der Waals surface area contributed by atoms with Crippen LogP contribution in [0, 0.1) is 6.92 Å². The van der Waals surface area contributed by atoms with Gasteiger partial charge < -0.3 is 10.1 Å². The predicted molar refractivity (Wildman–Crippen MR) is 109 cm³/mol. The van der Waals surface area contributed by atoms with E-state index in [2.05, 4.69) is 41.4 Å². The van der Waals surface area contributed by atoms with Gasteiger partial charge in [0.15, 0.2) is 0 Å². The van der Waals surface area contributed by atoms with Gasteiger partial charge >= 0.3 is 0 Å². The summed E-state index contributed by atoms with van der Waals surface area (Å²) in [7, 11) is 0. The topological polar surface area (TPSA) is 41.6 Å². The first kappa shape index (κ1) is 19.4. The number of carbonyl (C=O) groups is 1. The molecule has 2 aromatic rings. The molecule has 0 radical (unpaired) electrons. The van der Waals surface area contributed by atoms with Crippen LogP contribution in [-0.2, 0) is 0 Å². The van der Waals surface area contributed by atoms with Crippen molar-refractivity contribution in [3.63, 3.8) is 0 Å². The van der Waals surface area contributed by atoms with Crippen molar-refractivity contribution < 1.29 is 9.53 Å². The van der Waals surface area contributed by atoms with Crippen molar-refractivity contribution in [3.8, 4) is 5.75 Å². The summed E-state index contributed by atoms with van der Waals surface area (Å²) < 4.78 is 5.45.